The van der Waals surface area contributed by atoms with Crippen molar-refractivity contribution in [3.63, 3.8) is 0 Å². The average Bonchev–Trinajstić information content (AvgIpc) is 3.21. The molecule has 1 aliphatic heterocycles. The normalized spacial score (nSPS) is 15.6. The molecule has 0 radical (unpaired) electrons. The average molecular weight is 399 g/mol. The second kappa shape index (κ2) is 8.82. The van der Waals surface area contributed by atoms with E-state index in [2.05, 4.69) is 22.5 Å². The molecule has 152 valence electrons. The highest BCUT2D eigenvalue weighted by atomic mass is 16.2. The van der Waals surface area contributed by atoms with Crippen LogP contribution in [-0.2, 0) is 0 Å². The Labute approximate surface area is 176 Å². The molecule has 1 atom stereocenters. The molecule has 1 saturated heterocycles. The van der Waals surface area contributed by atoms with Crippen LogP contribution in [0, 0.1) is 5.92 Å². The third kappa shape index (κ3) is 4.51. The summed E-state index contributed by atoms with van der Waals surface area (Å²) in [6.07, 6.45) is 1.21. The number of amides is 2. The van der Waals surface area contributed by atoms with Gasteiger partial charge >= 0.3 is 0 Å². The number of benzene rings is 3. The molecule has 4 rings (SSSR count). The monoisotopic (exact) mass is 399 g/mol. The van der Waals surface area contributed by atoms with Gasteiger partial charge in [-0.05, 0) is 60.9 Å². The van der Waals surface area contributed by atoms with Gasteiger partial charge in [-0.3, -0.25) is 9.59 Å². The smallest absolute Gasteiger partial charge is 0.257 e. The Morgan fingerprint density at radius 1 is 0.833 bits per heavy atom. The van der Waals surface area contributed by atoms with Crippen LogP contribution in [0.2, 0.25) is 0 Å². The summed E-state index contributed by atoms with van der Waals surface area (Å²) in [4.78, 5) is 27.7. The minimum absolute atomic E-state index is 0.250. The zero-order valence-corrected chi connectivity index (χ0v) is 17.0. The van der Waals surface area contributed by atoms with Crippen LogP contribution >= 0.6 is 0 Å². The number of carbonyl (C=O) groups is 2. The predicted molar refractivity (Wildman–Crippen MR) is 121 cm³/mol. The van der Waals surface area contributed by atoms with Crippen molar-refractivity contribution in [3.05, 3.63) is 90.0 Å². The largest absolute Gasteiger partial charge is 0.371 e. The molecule has 0 saturated carbocycles. The molecule has 1 heterocycles. The van der Waals surface area contributed by atoms with E-state index in [1.807, 2.05) is 30.3 Å². The third-order valence-electron chi connectivity index (χ3n) is 5.37. The number of nitrogens with one attached hydrogen (secondary N) is 2. The van der Waals surface area contributed by atoms with E-state index in [9.17, 15) is 9.59 Å². The maximum Gasteiger partial charge on any atom is 0.257 e. The number of carbonyl (C=O) groups excluding carboxylic acids is 2. The SMILES string of the molecule is CC1CCN(c2ccc(NC(=O)c3ccccc3NC(=O)c3ccccc3)cc2)C1. The van der Waals surface area contributed by atoms with Crippen molar-refractivity contribution in [3.8, 4) is 0 Å². The first-order valence-corrected chi connectivity index (χ1v) is 10.2. The van der Waals surface area contributed by atoms with Crippen molar-refractivity contribution >= 4 is 28.9 Å². The molecule has 2 amide bonds. The summed E-state index contributed by atoms with van der Waals surface area (Å²) >= 11 is 0. The lowest BCUT2D eigenvalue weighted by molar-refractivity contribution is 0.102. The molecule has 30 heavy (non-hydrogen) atoms. The second-order valence-corrected chi connectivity index (χ2v) is 7.71. The first kappa shape index (κ1) is 19.7. The molecule has 1 aliphatic rings. The van der Waals surface area contributed by atoms with Crippen molar-refractivity contribution in [1.29, 1.82) is 0 Å². The van der Waals surface area contributed by atoms with Gasteiger partial charge in [0.25, 0.3) is 11.8 Å². The van der Waals surface area contributed by atoms with Gasteiger partial charge in [-0.25, -0.2) is 0 Å². The van der Waals surface area contributed by atoms with Crippen LogP contribution in [-0.4, -0.2) is 24.9 Å². The Balaban J connectivity index is 1.45. The lowest BCUT2D eigenvalue weighted by atomic mass is 10.1. The van der Waals surface area contributed by atoms with Gasteiger partial charge < -0.3 is 15.5 Å². The summed E-state index contributed by atoms with van der Waals surface area (Å²) in [6, 6.07) is 23.9. The zero-order chi connectivity index (χ0) is 20.9. The highest BCUT2D eigenvalue weighted by Crippen LogP contribution is 2.25. The van der Waals surface area contributed by atoms with E-state index in [0.717, 1.165) is 18.8 Å². The molecule has 5 heteroatoms. The molecule has 3 aromatic rings. The standard InChI is InChI=1S/C25H25N3O2/c1-18-15-16-28(17-18)21-13-11-20(12-14-21)26-25(30)22-9-5-6-10-23(22)27-24(29)19-7-3-2-4-8-19/h2-14,18H,15-17H2,1H3,(H,26,30)(H,27,29). The van der Waals surface area contributed by atoms with Gasteiger partial charge in [-0.1, -0.05) is 37.3 Å². The number of anilines is 3. The summed E-state index contributed by atoms with van der Waals surface area (Å²) in [5.41, 5.74) is 3.33. The number of hydrogen-bond acceptors (Lipinski definition) is 3. The Morgan fingerprint density at radius 3 is 2.23 bits per heavy atom. The first-order valence-electron chi connectivity index (χ1n) is 10.2. The molecule has 3 aromatic carbocycles. The van der Waals surface area contributed by atoms with Gasteiger partial charge in [0.15, 0.2) is 0 Å². The summed E-state index contributed by atoms with van der Waals surface area (Å²) in [6.45, 7) is 4.41. The lowest BCUT2D eigenvalue weighted by Crippen LogP contribution is -2.19. The topological polar surface area (TPSA) is 61.4 Å². The number of para-hydroxylation sites is 1. The summed E-state index contributed by atoms with van der Waals surface area (Å²) < 4.78 is 0. The molecule has 1 fully saturated rings. The van der Waals surface area contributed by atoms with E-state index >= 15 is 0 Å². The first-order chi connectivity index (χ1) is 14.6. The van der Waals surface area contributed by atoms with Crippen molar-refractivity contribution in [2.45, 2.75) is 13.3 Å². The number of hydrogen-bond donors (Lipinski definition) is 2. The van der Waals surface area contributed by atoms with E-state index in [0.29, 0.717) is 22.7 Å². The van der Waals surface area contributed by atoms with Crippen LogP contribution in [0.1, 0.15) is 34.1 Å². The van der Waals surface area contributed by atoms with Crippen LogP contribution < -0.4 is 15.5 Å². The van der Waals surface area contributed by atoms with Gasteiger partial charge in [0, 0.05) is 30.0 Å². The predicted octanol–water partition coefficient (Wildman–Crippen LogP) is 5.04. The Morgan fingerprint density at radius 2 is 1.53 bits per heavy atom. The minimum Gasteiger partial charge on any atom is -0.371 e. The highest BCUT2D eigenvalue weighted by molar-refractivity contribution is 6.12. The minimum atomic E-state index is -0.262. The van der Waals surface area contributed by atoms with Gasteiger partial charge in [0.2, 0.25) is 0 Å². The quantitative estimate of drug-likeness (QED) is 0.632. The summed E-state index contributed by atoms with van der Waals surface area (Å²) in [5.74, 6) is 0.202. The van der Waals surface area contributed by atoms with Gasteiger partial charge in [0.05, 0.1) is 11.3 Å². The fourth-order valence-electron chi connectivity index (χ4n) is 3.70. The van der Waals surface area contributed by atoms with Crippen LogP contribution in [0.15, 0.2) is 78.9 Å². The van der Waals surface area contributed by atoms with E-state index in [4.69, 9.17) is 0 Å². The molecule has 1 unspecified atom stereocenters. The van der Waals surface area contributed by atoms with Crippen LogP contribution in [0.5, 0.6) is 0 Å². The molecule has 0 bridgehead atoms. The third-order valence-corrected chi connectivity index (χ3v) is 5.37. The van der Waals surface area contributed by atoms with Crippen molar-refractivity contribution < 1.29 is 9.59 Å². The van der Waals surface area contributed by atoms with Crippen molar-refractivity contribution in [2.24, 2.45) is 5.92 Å². The zero-order valence-electron chi connectivity index (χ0n) is 17.0. The molecule has 5 nitrogen and oxygen atoms in total. The maximum atomic E-state index is 12.9. The maximum absolute atomic E-state index is 12.9. The van der Waals surface area contributed by atoms with Crippen molar-refractivity contribution in [1.82, 2.24) is 0 Å². The molecule has 0 aliphatic carbocycles. The molecular weight excluding hydrogens is 374 g/mol. The fourth-order valence-corrected chi connectivity index (χ4v) is 3.70. The molecule has 0 aromatic heterocycles. The Kier molecular flexibility index (Phi) is 5.80. The number of nitrogens with zero attached hydrogens (tertiary/aromatic N) is 1. The molecule has 2 N–H and O–H groups in total. The van der Waals surface area contributed by atoms with E-state index in [1.54, 1.807) is 48.5 Å². The van der Waals surface area contributed by atoms with Gasteiger partial charge in [-0.15, -0.1) is 0 Å². The van der Waals surface area contributed by atoms with E-state index in [1.165, 1.54) is 12.1 Å². The van der Waals surface area contributed by atoms with Crippen LogP contribution in [0.4, 0.5) is 17.1 Å². The fraction of sp³-hybridized carbons (Fsp3) is 0.200. The molecular formula is C25H25N3O2. The highest BCUT2D eigenvalue weighted by Gasteiger charge is 2.19. The second-order valence-electron chi connectivity index (χ2n) is 7.71. The summed E-state index contributed by atoms with van der Waals surface area (Å²) in [7, 11) is 0. The Bertz CT molecular complexity index is 1030. The number of rotatable bonds is 5. The van der Waals surface area contributed by atoms with Crippen LogP contribution in [0.25, 0.3) is 0 Å². The molecule has 0 spiro atoms. The van der Waals surface area contributed by atoms with Gasteiger partial charge in [0.1, 0.15) is 0 Å². The summed E-state index contributed by atoms with van der Waals surface area (Å²) in [5, 5.41) is 5.77. The van der Waals surface area contributed by atoms with E-state index in [-0.39, 0.29) is 11.8 Å². The van der Waals surface area contributed by atoms with Crippen LogP contribution in [0.3, 0.4) is 0 Å². The lowest BCUT2D eigenvalue weighted by Gasteiger charge is -2.18. The Hall–Kier alpha value is -3.60. The van der Waals surface area contributed by atoms with E-state index < -0.39 is 0 Å². The van der Waals surface area contributed by atoms with Gasteiger partial charge in [-0.2, -0.15) is 0 Å². The van der Waals surface area contributed by atoms with Crippen molar-refractivity contribution in [2.75, 3.05) is 28.6 Å².